The van der Waals surface area contributed by atoms with Crippen LogP contribution in [-0.2, 0) is 16.1 Å². The first kappa shape index (κ1) is 18.4. The predicted octanol–water partition coefficient (Wildman–Crippen LogP) is 0.815. The molecular weight excluding hydrogens is 352 g/mol. The monoisotopic (exact) mass is 374 g/mol. The molecule has 0 aliphatic carbocycles. The standard InChI is InChI=1S/C17H22N6O2S/c1-11(2)23-7-6-20-16(25)13(23)8-14(24)21-9-12-10-26-17(22-12)15-18-4-3-5-19-15/h3-5,10-11,13H,6-9H2,1-2H3,(H,20,25)(H,21,24)/t13-/m1/s1. The molecule has 8 nitrogen and oxygen atoms in total. The zero-order chi connectivity index (χ0) is 18.5. The van der Waals surface area contributed by atoms with Crippen molar-refractivity contribution in [2.24, 2.45) is 0 Å². The zero-order valence-electron chi connectivity index (χ0n) is 14.8. The van der Waals surface area contributed by atoms with E-state index < -0.39 is 6.04 Å². The van der Waals surface area contributed by atoms with Gasteiger partial charge >= 0.3 is 0 Å². The van der Waals surface area contributed by atoms with Crippen molar-refractivity contribution in [2.75, 3.05) is 13.1 Å². The molecule has 0 saturated carbocycles. The second kappa shape index (κ2) is 8.33. The molecule has 1 atom stereocenters. The van der Waals surface area contributed by atoms with E-state index in [4.69, 9.17) is 0 Å². The van der Waals surface area contributed by atoms with Gasteiger partial charge in [-0.1, -0.05) is 0 Å². The van der Waals surface area contributed by atoms with Gasteiger partial charge in [0.15, 0.2) is 10.8 Å². The van der Waals surface area contributed by atoms with Crippen LogP contribution in [0.25, 0.3) is 10.8 Å². The molecule has 138 valence electrons. The number of aromatic nitrogens is 3. The minimum Gasteiger partial charge on any atom is -0.353 e. The van der Waals surface area contributed by atoms with Gasteiger partial charge in [-0.15, -0.1) is 11.3 Å². The summed E-state index contributed by atoms with van der Waals surface area (Å²) < 4.78 is 0. The summed E-state index contributed by atoms with van der Waals surface area (Å²) in [7, 11) is 0. The quantitative estimate of drug-likeness (QED) is 0.776. The van der Waals surface area contributed by atoms with Crippen LogP contribution in [0.2, 0.25) is 0 Å². The molecule has 2 aromatic heterocycles. The average Bonchev–Trinajstić information content (AvgIpc) is 3.11. The minimum absolute atomic E-state index is 0.0859. The first-order chi connectivity index (χ1) is 12.5. The fourth-order valence-corrected chi connectivity index (χ4v) is 3.66. The van der Waals surface area contributed by atoms with Gasteiger partial charge in [0.05, 0.1) is 24.7 Å². The van der Waals surface area contributed by atoms with Gasteiger partial charge in [-0.2, -0.15) is 0 Å². The second-order valence-corrected chi connectivity index (χ2v) is 7.19. The van der Waals surface area contributed by atoms with Crippen molar-refractivity contribution in [3.8, 4) is 10.8 Å². The molecule has 1 aliphatic rings. The normalized spacial score (nSPS) is 18.0. The highest BCUT2D eigenvalue weighted by molar-refractivity contribution is 7.13. The summed E-state index contributed by atoms with van der Waals surface area (Å²) in [5.41, 5.74) is 0.750. The van der Waals surface area contributed by atoms with Gasteiger partial charge in [-0.05, 0) is 19.9 Å². The Hall–Kier alpha value is -2.39. The molecule has 0 bridgehead atoms. The van der Waals surface area contributed by atoms with Crippen LogP contribution in [0, 0.1) is 0 Å². The van der Waals surface area contributed by atoms with Gasteiger partial charge in [0.25, 0.3) is 0 Å². The molecule has 0 radical (unpaired) electrons. The molecule has 0 aromatic carbocycles. The Morgan fingerprint density at radius 3 is 2.92 bits per heavy atom. The van der Waals surface area contributed by atoms with Crippen LogP contribution in [0.5, 0.6) is 0 Å². The Balaban J connectivity index is 1.55. The number of hydrogen-bond acceptors (Lipinski definition) is 7. The van der Waals surface area contributed by atoms with Crippen molar-refractivity contribution in [1.82, 2.24) is 30.5 Å². The Labute approximate surface area is 156 Å². The molecule has 26 heavy (non-hydrogen) atoms. The van der Waals surface area contributed by atoms with E-state index in [0.29, 0.717) is 23.9 Å². The van der Waals surface area contributed by atoms with Gasteiger partial charge in [-0.25, -0.2) is 15.0 Å². The molecule has 1 saturated heterocycles. The number of carbonyl (C=O) groups is 2. The van der Waals surface area contributed by atoms with Crippen molar-refractivity contribution in [2.45, 2.75) is 38.9 Å². The Morgan fingerprint density at radius 1 is 1.42 bits per heavy atom. The lowest BCUT2D eigenvalue weighted by molar-refractivity contribution is -0.134. The third-order valence-electron chi connectivity index (χ3n) is 4.19. The van der Waals surface area contributed by atoms with E-state index in [9.17, 15) is 9.59 Å². The lowest BCUT2D eigenvalue weighted by Gasteiger charge is -2.37. The molecule has 0 unspecified atom stereocenters. The largest absolute Gasteiger partial charge is 0.353 e. The first-order valence-electron chi connectivity index (χ1n) is 8.56. The van der Waals surface area contributed by atoms with Gasteiger partial charge < -0.3 is 10.6 Å². The molecular formula is C17H22N6O2S. The van der Waals surface area contributed by atoms with Crippen LogP contribution in [0.15, 0.2) is 23.8 Å². The van der Waals surface area contributed by atoms with Crippen molar-refractivity contribution in [1.29, 1.82) is 0 Å². The number of amides is 2. The summed E-state index contributed by atoms with van der Waals surface area (Å²) >= 11 is 1.43. The fourth-order valence-electron chi connectivity index (χ4n) is 2.90. The highest BCUT2D eigenvalue weighted by Crippen LogP contribution is 2.19. The van der Waals surface area contributed by atoms with Crippen LogP contribution in [0.1, 0.15) is 26.0 Å². The number of piperazine rings is 1. The maximum absolute atomic E-state index is 12.3. The van der Waals surface area contributed by atoms with E-state index in [0.717, 1.165) is 12.2 Å². The summed E-state index contributed by atoms with van der Waals surface area (Å²) in [6.07, 6.45) is 3.48. The second-order valence-electron chi connectivity index (χ2n) is 6.34. The van der Waals surface area contributed by atoms with E-state index in [1.54, 1.807) is 18.5 Å². The lowest BCUT2D eigenvalue weighted by Crippen LogP contribution is -2.58. The SMILES string of the molecule is CC(C)N1CCNC(=O)[C@H]1CC(=O)NCc1csc(-c2ncccn2)n1. The summed E-state index contributed by atoms with van der Waals surface area (Å²) in [4.78, 5) is 39.3. The van der Waals surface area contributed by atoms with Crippen LogP contribution >= 0.6 is 11.3 Å². The third-order valence-corrected chi connectivity index (χ3v) is 5.08. The summed E-state index contributed by atoms with van der Waals surface area (Å²) in [6.45, 7) is 5.77. The van der Waals surface area contributed by atoms with Crippen LogP contribution in [-0.4, -0.2) is 56.8 Å². The van der Waals surface area contributed by atoms with E-state index >= 15 is 0 Å². The summed E-state index contributed by atoms with van der Waals surface area (Å²) in [5, 5.41) is 8.27. The molecule has 2 amide bonds. The molecule has 1 aliphatic heterocycles. The fraction of sp³-hybridized carbons (Fsp3) is 0.471. The van der Waals surface area contributed by atoms with Crippen molar-refractivity contribution >= 4 is 23.2 Å². The van der Waals surface area contributed by atoms with Crippen LogP contribution < -0.4 is 10.6 Å². The molecule has 2 N–H and O–H groups in total. The van der Waals surface area contributed by atoms with Crippen LogP contribution in [0.3, 0.4) is 0 Å². The number of hydrogen-bond donors (Lipinski definition) is 2. The van der Waals surface area contributed by atoms with Crippen LogP contribution in [0.4, 0.5) is 0 Å². The van der Waals surface area contributed by atoms with Crippen molar-refractivity contribution < 1.29 is 9.59 Å². The van der Waals surface area contributed by atoms with Crippen molar-refractivity contribution in [3.05, 3.63) is 29.5 Å². The Bertz CT molecular complexity index is 764. The molecule has 1 fully saturated rings. The minimum atomic E-state index is -0.424. The smallest absolute Gasteiger partial charge is 0.237 e. The number of carbonyl (C=O) groups excluding carboxylic acids is 2. The van der Waals surface area contributed by atoms with Gasteiger partial charge in [0.2, 0.25) is 11.8 Å². The van der Waals surface area contributed by atoms with Gasteiger partial charge in [0.1, 0.15) is 0 Å². The summed E-state index contributed by atoms with van der Waals surface area (Å²) in [5.74, 6) is 0.321. The highest BCUT2D eigenvalue weighted by atomic mass is 32.1. The average molecular weight is 374 g/mol. The van der Waals surface area contributed by atoms with Crippen molar-refractivity contribution in [3.63, 3.8) is 0 Å². The third kappa shape index (κ3) is 4.41. The number of thiazole rings is 1. The maximum atomic E-state index is 12.3. The molecule has 0 spiro atoms. The molecule has 9 heteroatoms. The Kier molecular flexibility index (Phi) is 5.89. The maximum Gasteiger partial charge on any atom is 0.237 e. The highest BCUT2D eigenvalue weighted by Gasteiger charge is 2.32. The van der Waals surface area contributed by atoms with E-state index in [1.165, 1.54) is 11.3 Å². The molecule has 3 rings (SSSR count). The predicted molar refractivity (Wildman–Crippen MR) is 98.2 cm³/mol. The summed E-state index contributed by atoms with van der Waals surface area (Å²) in [6, 6.07) is 1.54. The molecule has 2 aromatic rings. The Morgan fingerprint density at radius 2 is 2.19 bits per heavy atom. The lowest BCUT2D eigenvalue weighted by atomic mass is 10.1. The zero-order valence-corrected chi connectivity index (χ0v) is 15.6. The van der Waals surface area contributed by atoms with E-state index in [-0.39, 0.29) is 24.3 Å². The first-order valence-corrected chi connectivity index (χ1v) is 9.44. The van der Waals surface area contributed by atoms with E-state index in [2.05, 4.69) is 30.5 Å². The number of nitrogens with zero attached hydrogens (tertiary/aromatic N) is 4. The topological polar surface area (TPSA) is 100 Å². The van der Waals surface area contributed by atoms with E-state index in [1.807, 2.05) is 19.2 Å². The molecule has 3 heterocycles. The van der Waals surface area contributed by atoms with Gasteiger partial charge in [-0.3, -0.25) is 14.5 Å². The number of rotatable bonds is 6. The van der Waals surface area contributed by atoms with Gasteiger partial charge in [0, 0.05) is 36.9 Å². The number of nitrogens with one attached hydrogen (secondary N) is 2.